The molecule has 17 nitrogen and oxygen atoms in total. The molecule has 3 aliphatic heterocycles. The average Bonchev–Trinajstić information content (AvgIpc) is 3.65. The quantitative estimate of drug-likeness (QED) is 0.0369. The third kappa shape index (κ3) is 11.6. The summed E-state index contributed by atoms with van der Waals surface area (Å²) in [6, 6.07) is 22.7. The van der Waals surface area contributed by atoms with Crippen LogP contribution >= 0.6 is 11.6 Å². The molecule has 7 rings (SSSR count). The second kappa shape index (κ2) is 21.9. The predicted octanol–water partition coefficient (Wildman–Crippen LogP) is 4.75. The van der Waals surface area contributed by atoms with Crippen molar-refractivity contribution in [3.05, 3.63) is 100 Å². The van der Waals surface area contributed by atoms with Gasteiger partial charge in [0.15, 0.2) is 5.82 Å². The SMILES string of the molecule is CNC(=O)c1ccccc1Nc1nc(Nc2ccc(N3CCN(C(=O)NCCCCOCCCCNC#Cc4cccc5c4CN(C4CCC(=O)NC4=O)C5=O)CC3)cc2)ncc1Cl. The minimum absolute atomic E-state index is 0.0519. The zero-order valence-electron chi connectivity index (χ0n) is 35.7. The number of piperazine rings is 1. The lowest BCUT2D eigenvalue weighted by molar-refractivity contribution is -0.136. The Morgan fingerprint density at radius 1 is 0.906 bits per heavy atom. The summed E-state index contributed by atoms with van der Waals surface area (Å²) in [5.41, 5.74) is 4.95. The van der Waals surface area contributed by atoms with Crippen molar-refractivity contribution in [3.8, 4) is 12.0 Å². The van der Waals surface area contributed by atoms with Crippen LogP contribution in [-0.4, -0.2) is 115 Å². The Balaban J connectivity index is 0.729. The number of nitrogens with zero attached hydrogens (tertiary/aromatic N) is 5. The highest BCUT2D eigenvalue weighted by Crippen LogP contribution is 2.30. The number of para-hydroxylation sites is 1. The van der Waals surface area contributed by atoms with Crippen molar-refractivity contribution in [2.45, 2.75) is 51.1 Å². The fraction of sp³-hybridized carbons (Fsp3) is 0.370. The van der Waals surface area contributed by atoms with Crippen molar-refractivity contribution in [1.29, 1.82) is 0 Å². The number of benzene rings is 3. The van der Waals surface area contributed by atoms with Crippen molar-refractivity contribution in [2.24, 2.45) is 0 Å². The maximum Gasteiger partial charge on any atom is 0.317 e. The number of urea groups is 1. The molecule has 3 aromatic carbocycles. The summed E-state index contributed by atoms with van der Waals surface area (Å²) in [5, 5.41) is 17.8. The van der Waals surface area contributed by atoms with E-state index in [1.807, 2.05) is 41.3 Å². The number of aromatic nitrogens is 2. The number of hydrogen-bond acceptors (Lipinski definition) is 12. The number of amides is 6. The maximum atomic E-state index is 13.0. The number of carbonyl (C=O) groups is 5. The van der Waals surface area contributed by atoms with Gasteiger partial charge in [0.1, 0.15) is 11.1 Å². The van der Waals surface area contributed by atoms with Gasteiger partial charge in [0.25, 0.3) is 11.8 Å². The minimum atomic E-state index is -0.656. The number of imide groups is 1. The van der Waals surface area contributed by atoms with E-state index in [1.165, 1.54) is 11.1 Å². The van der Waals surface area contributed by atoms with Crippen LogP contribution in [0.25, 0.3) is 0 Å². The summed E-state index contributed by atoms with van der Waals surface area (Å²) in [4.78, 5) is 76.6. The highest BCUT2D eigenvalue weighted by molar-refractivity contribution is 6.33. The Labute approximate surface area is 377 Å². The van der Waals surface area contributed by atoms with Gasteiger partial charge in [0.05, 0.1) is 17.4 Å². The van der Waals surface area contributed by atoms with E-state index < -0.39 is 11.9 Å². The Hall–Kier alpha value is -6.90. The Kier molecular flexibility index (Phi) is 15.5. The largest absolute Gasteiger partial charge is 0.381 e. The first kappa shape index (κ1) is 45.1. The summed E-state index contributed by atoms with van der Waals surface area (Å²) in [5.74, 6) is 2.63. The molecule has 18 heteroatoms. The molecule has 6 amide bonds. The van der Waals surface area contributed by atoms with Crippen LogP contribution in [0.15, 0.2) is 72.9 Å². The van der Waals surface area contributed by atoms with Crippen molar-refractivity contribution in [1.82, 2.24) is 41.0 Å². The van der Waals surface area contributed by atoms with Crippen LogP contribution in [0.2, 0.25) is 5.02 Å². The third-order valence-electron chi connectivity index (χ3n) is 11.2. The first-order valence-electron chi connectivity index (χ1n) is 21.5. The number of anilines is 5. The van der Waals surface area contributed by atoms with Gasteiger partial charge >= 0.3 is 6.03 Å². The van der Waals surface area contributed by atoms with E-state index >= 15 is 0 Å². The molecular formula is C46H52ClN11O6. The molecule has 2 fully saturated rings. The second-order valence-electron chi connectivity index (χ2n) is 15.5. The van der Waals surface area contributed by atoms with Crippen molar-refractivity contribution >= 4 is 70.1 Å². The van der Waals surface area contributed by atoms with Gasteiger partial charge in [0, 0.05) is 101 Å². The van der Waals surface area contributed by atoms with E-state index in [0.717, 1.165) is 48.2 Å². The van der Waals surface area contributed by atoms with E-state index in [4.69, 9.17) is 16.3 Å². The van der Waals surface area contributed by atoms with Crippen LogP contribution in [-0.2, 0) is 20.9 Å². The van der Waals surface area contributed by atoms with Gasteiger partial charge in [-0.25, -0.2) is 9.78 Å². The molecule has 4 heterocycles. The summed E-state index contributed by atoms with van der Waals surface area (Å²) >= 11 is 6.39. The van der Waals surface area contributed by atoms with Crippen LogP contribution in [0.1, 0.15) is 70.4 Å². The molecule has 1 atom stereocenters. The lowest BCUT2D eigenvalue weighted by Gasteiger charge is -2.36. The van der Waals surface area contributed by atoms with E-state index in [0.29, 0.717) is 92.5 Å². The van der Waals surface area contributed by atoms with Crippen molar-refractivity contribution in [2.75, 3.05) is 75.1 Å². The lowest BCUT2D eigenvalue weighted by Crippen LogP contribution is -2.52. The third-order valence-corrected chi connectivity index (χ3v) is 11.4. The van der Waals surface area contributed by atoms with Crippen LogP contribution in [0.3, 0.4) is 0 Å². The Morgan fingerprint density at radius 3 is 2.44 bits per heavy atom. The topological polar surface area (TPSA) is 202 Å². The van der Waals surface area contributed by atoms with Gasteiger partial charge in [-0.1, -0.05) is 29.8 Å². The number of carbonyl (C=O) groups excluding carboxylic acids is 5. The Morgan fingerprint density at radius 2 is 1.67 bits per heavy atom. The highest BCUT2D eigenvalue weighted by Gasteiger charge is 2.39. The molecule has 3 aliphatic rings. The van der Waals surface area contributed by atoms with Gasteiger partial charge in [-0.15, -0.1) is 0 Å². The van der Waals surface area contributed by atoms with Crippen molar-refractivity contribution < 1.29 is 28.7 Å². The predicted molar refractivity (Wildman–Crippen MR) is 244 cm³/mol. The molecule has 0 radical (unpaired) electrons. The molecule has 64 heavy (non-hydrogen) atoms. The zero-order valence-corrected chi connectivity index (χ0v) is 36.4. The monoisotopic (exact) mass is 889 g/mol. The van der Waals surface area contributed by atoms with E-state index in [-0.39, 0.29) is 36.7 Å². The molecular weight excluding hydrogens is 838 g/mol. The van der Waals surface area contributed by atoms with Crippen LogP contribution in [0.4, 0.5) is 33.6 Å². The number of ether oxygens (including phenoxy) is 1. The molecule has 2 saturated heterocycles. The molecule has 0 spiro atoms. The van der Waals surface area contributed by atoms with Gasteiger partial charge in [-0.2, -0.15) is 4.98 Å². The molecule has 1 unspecified atom stereocenters. The fourth-order valence-corrected chi connectivity index (χ4v) is 7.79. The number of rotatable bonds is 17. The fourth-order valence-electron chi connectivity index (χ4n) is 7.65. The van der Waals surface area contributed by atoms with E-state index in [2.05, 4.69) is 58.7 Å². The summed E-state index contributed by atoms with van der Waals surface area (Å²) in [7, 11) is 1.57. The molecule has 4 aromatic rings. The smallest absolute Gasteiger partial charge is 0.317 e. The summed E-state index contributed by atoms with van der Waals surface area (Å²) in [6.07, 6.45) is 5.47. The molecule has 1 aromatic heterocycles. The van der Waals surface area contributed by atoms with Crippen LogP contribution in [0, 0.1) is 12.0 Å². The number of piperidine rings is 1. The highest BCUT2D eigenvalue weighted by atomic mass is 35.5. The van der Waals surface area contributed by atoms with E-state index in [9.17, 15) is 24.0 Å². The minimum Gasteiger partial charge on any atom is -0.381 e. The molecule has 6 N–H and O–H groups in total. The van der Waals surface area contributed by atoms with Crippen LogP contribution in [0.5, 0.6) is 0 Å². The number of nitrogens with one attached hydrogen (secondary N) is 6. The first-order chi connectivity index (χ1) is 31.2. The van der Waals surface area contributed by atoms with E-state index in [1.54, 1.807) is 37.4 Å². The average molecular weight is 890 g/mol. The first-order valence-corrected chi connectivity index (χ1v) is 21.9. The van der Waals surface area contributed by atoms with Gasteiger partial charge in [-0.05, 0) is 92.1 Å². The lowest BCUT2D eigenvalue weighted by atomic mass is 10.0. The summed E-state index contributed by atoms with van der Waals surface area (Å²) < 4.78 is 5.80. The Bertz CT molecular complexity index is 2400. The number of hydrogen-bond donors (Lipinski definition) is 6. The van der Waals surface area contributed by atoms with Crippen LogP contribution < -0.4 is 36.8 Å². The summed E-state index contributed by atoms with van der Waals surface area (Å²) in [6.45, 7) is 5.51. The number of halogens is 1. The molecule has 0 saturated carbocycles. The molecule has 334 valence electrons. The standard InChI is InChI=1S/C46H52ClN11O6/c1-48-42(60)35-10-2-3-12-38(35)53-41-37(47)29-51-45(55-41)52-32-13-15-33(16-14-32)56-23-25-57(26-24-56)46(63)50-21-5-7-28-64-27-6-4-20-49-22-19-31-9-8-11-34-36(31)30-58(44(34)62)39-17-18-40(59)54-43(39)61/h2-3,8-16,29,39,49H,4-7,17-18,20-21,23-28,30H2,1H3,(H,48,60)(H,50,63)(H,54,59,61)(H2,51,52,53,55). The van der Waals surface area contributed by atoms with Gasteiger partial charge in [-0.3, -0.25) is 24.5 Å². The number of fused-ring (bicyclic) bond motifs is 1. The number of unbranched alkanes of at least 4 members (excludes halogenated alkanes) is 2. The molecule has 0 aliphatic carbocycles. The molecule has 0 bridgehead atoms. The van der Waals surface area contributed by atoms with Gasteiger partial charge < -0.3 is 46.0 Å². The van der Waals surface area contributed by atoms with Gasteiger partial charge in [0.2, 0.25) is 17.8 Å². The zero-order chi connectivity index (χ0) is 44.8. The normalized spacial score (nSPS) is 15.8. The van der Waals surface area contributed by atoms with Crippen molar-refractivity contribution in [3.63, 3.8) is 0 Å². The second-order valence-corrected chi connectivity index (χ2v) is 15.9. The maximum absolute atomic E-state index is 13.0.